The van der Waals surface area contributed by atoms with Crippen LogP contribution in [0.1, 0.15) is 43.9 Å². The highest BCUT2D eigenvalue weighted by molar-refractivity contribution is 5.74. The number of nitrogens with one attached hydrogen (secondary N) is 2. The maximum atomic E-state index is 11.7. The summed E-state index contributed by atoms with van der Waals surface area (Å²) >= 11 is 0. The molecule has 3 N–H and O–H groups in total. The lowest BCUT2D eigenvalue weighted by atomic mass is 9.71. The molecule has 4 heteroatoms. The molecule has 0 saturated heterocycles. The van der Waals surface area contributed by atoms with Gasteiger partial charge in [0.1, 0.15) is 0 Å². The Morgan fingerprint density at radius 2 is 2.16 bits per heavy atom. The number of carbonyl (C=O) groups excluding carboxylic acids is 1. The van der Waals surface area contributed by atoms with E-state index in [0.29, 0.717) is 0 Å². The molecule has 1 aromatic rings. The van der Waals surface area contributed by atoms with Crippen LogP contribution < -0.4 is 10.6 Å². The van der Waals surface area contributed by atoms with E-state index in [-0.39, 0.29) is 30.6 Å². The van der Waals surface area contributed by atoms with Crippen LogP contribution in [-0.2, 0) is 5.41 Å². The maximum absolute atomic E-state index is 11.7. The Kier molecular flexibility index (Phi) is 4.10. The molecule has 0 saturated carbocycles. The van der Waals surface area contributed by atoms with Crippen molar-refractivity contribution >= 4 is 6.03 Å². The molecule has 4 nitrogen and oxygen atoms in total. The number of aliphatic hydroxyl groups excluding tert-OH is 1. The Labute approximate surface area is 114 Å². The first-order valence-corrected chi connectivity index (χ1v) is 6.79. The van der Waals surface area contributed by atoms with Gasteiger partial charge in [0.2, 0.25) is 0 Å². The molecule has 0 aromatic heterocycles. The first-order valence-electron chi connectivity index (χ1n) is 6.79. The van der Waals surface area contributed by atoms with Crippen LogP contribution in [0.2, 0.25) is 0 Å². The fourth-order valence-electron chi connectivity index (χ4n) is 2.74. The van der Waals surface area contributed by atoms with Crippen molar-refractivity contribution in [2.24, 2.45) is 0 Å². The maximum Gasteiger partial charge on any atom is 0.315 e. The fraction of sp³-hybridized carbons (Fsp3) is 0.533. The molecule has 19 heavy (non-hydrogen) atoms. The SMILES string of the molecule is CC1(C)CCC(NC(=O)NCCO)c2ccccc21. The predicted octanol–water partition coefficient (Wildman–Crippen LogP) is 2.09. The minimum absolute atomic E-state index is 0.0400. The van der Waals surface area contributed by atoms with Crippen LogP contribution in [0.25, 0.3) is 0 Å². The smallest absolute Gasteiger partial charge is 0.315 e. The zero-order chi connectivity index (χ0) is 13.9. The summed E-state index contributed by atoms with van der Waals surface area (Å²) < 4.78 is 0. The van der Waals surface area contributed by atoms with Gasteiger partial charge >= 0.3 is 6.03 Å². The second-order valence-corrected chi connectivity index (χ2v) is 5.69. The third-order valence-electron chi connectivity index (χ3n) is 3.83. The predicted molar refractivity (Wildman–Crippen MR) is 75.1 cm³/mol. The molecule has 2 amide bonds. The zero-order valence-electron chi connectivity index (χ0n) is 11.6. The molecule has 0 bridgehead atoms. The van der Waals surface area contributed by atoms with Crippen LogP contribution in [0, 0.1) is 0 Å². The van der Waals surface area contributed by atoms with Gasteiger partial charge in [-0.2, -0.15) is 0 Å². The molecule has 2 rings (SSSR count). The van der Waals surface area contributed by atoms with Crippen molar-refractivity contribution in [1.29, 1.82) is 0 Å². The summed E-state index contributed by atoms with van der Waals surface area (Å²) in [6.45, 7) is 4.73. The highest BCUT2D eigenvalue weighted by Gasteiger charge is 2.32. The van der Waals surface area contributed by atoms with E-state index in [2.05, 4.69) is 42.7 Å². The average molecular weight is 262 g/mol. The number of carbonyl (C=O) groups is 1. The number of fused-ring (bicyclic) bond motifs is 1. The molecule has 104 valence electrons. The van der Waals surface area contributed by atoms with Gasteiger partial charge in [0.15, 0.2) is 0 Å². The molecule has 0 heterocycles. The van der Waals surface area contributed by atoms with E-state index < -0.39 is 0 Å². The molecule has 1 unspecified atom stereocenters. The lowest BCUT2D eigenvalue weighted by molar-refractivity contribution is 0.227. The summed E-state index contributed by atoms with van der Waals surface area (Å²) in [5.74, 6) is 0. The standard InChI is InChI=1S/C15H22N2O2/c1-15(2)8-7-13(17-14(19)16-9-10-18)11-5-3-4-6-12(11)15/h3-6,13,18H,7-10H2,1-2H3,(H2,16,17,19). The van der Waals surface area contributed by atoms with E-state index in [1.807, 2.05) is 6.07 Å². The number of hydrogen-bond donors (Lipinski definition) is 3. The van der Waals surface area contributed by atoms with Gasteiger partial charge in [-0.05, 0) is 29.4 Å². The normalized spacial score (nSPS) is 20.5. The molecule has 0 radical (unpaired) electrons. The topological polar surface area (TPSA) is 61.4 Å². The van der Waals surface area contributed by atoms with Gasteiger partial charge in [-0.15, -0.1) is 0 Å². The van der Waals surface area contributed by atoms with Crippen molar-refractivity contribution in [2.75, 3.05) is 13.2 Å². The lowest BCUT2D eigenvalue weighted by Crippen LogP contribution is -2.41. The monoisotopic (exact) mass is 262 g/mol. The Morgan fingerprint density at radius 3 is 2.89 bits per heavy atom. The van der Waals surface area contributed by atoms with Crippen molar-refractivity contribution in [3.8, 4) is 0 Å². The number of amides is 2. The van der Waals surface area contributed by atoms with E-state index in [1.54, 1.807) is 0 Å². The molecule has 1 aromatic carbocycles. The summed E-state index contributed by atoms with van der Waals surface area (Å²) in [5.41, 5.74) is 2.68. The van der Waals surface area contributed by atoms with Crippen LogP contribution in [0.3, 0.4) is 0 Å². The van der Waals surface area contributed by atoms with Crippen molar-refractivity contribution in [3.63, 3.8) is 0 Å². The van der Waals surface area contributed by atoms with Crippen LogP contribution in [0.4, 0.5) is 4.79 Å². The highest BCUT2D eigenvalue weighted by atomic mass is 16.3. The average Bonchev–Trinajstić information content (AvgIpc) is 2.40. The molecule has 1 atom stereocenters. The Balaban J connectivity index is 2.14. The molecule has 1 aliphatic rings. The summed E-state index contributed by atoms with van der Waals surface area (Å²) in [6.07, 6.45) is 1.99. The lowest BCUT2D eigenvalue weighted by Gasteiger charge is -2.37. The Hall–Kier alpha value is -1.55. The van der Waals surface area contributed by atoms with Crippen molar-refractivity contribution in [3.05, 3.63) is 35.4 Å². The third kappa shape index (κ3) is 3.07. The van der Waals surface area contributed by atoms with Crippen molar-refractivity contribution in [1.82, 2.24) is 10.6 Å². The number of rotatable bonds is 3. The number of benzene rings is 1. The quantitative estimate of drug-likeness (QED) is 0.781. The zero-order valence-corrected chi connectivity index (χ0v) is 11.6. The highest BCUT2D eigenvalue weighted by Crippen LogP contribution is 2.41. The van der Waals surface area contributed by atoms with Crippen LogP contribution in [0.15, 0.2) is 24.3 Å². The number of aliphatic hydroxyl groups is 1. The summed E-state index contributed by atoms with van der Waals surface area (Å²) in [5, 5.41) is 14.3. The van der Waals surface area contributed by atoms with Crippen LogP contribution in [-0.4, -0.2) is 24.3 Å². The molecular weight excluding hydrogens is 240 g/mol. The van der Waals surface area contributed by atoms with E-state index >= 15 is 0 Å². The van der Waals surface area contributed by atoms with Crippen LogP contribution in [0.5, 0.6) is 0 Å². The second kappa shape index (κ2) is 5.61. The fourth-order valence-corrected chi connectivity index (χ4v) is 2.74. The van der Waals surface area contributed by atoms with E-state index in [1.165, 1.54) is 11.1 Å². The minimum Gasteiger partial charge on any atom is -0.395 e. The van der Waals surface area contributed by atoms with Crippen LogP contribution >= 0.6 is 0 Å². The van der Waals surface area contributed by atoms with Gasteiger partial charge in [0, 0.05) is 6.54 Å². The molecule has 0 spiro atoms. The molecule has 0 fully saturated rings. The summed E-state index contributed by atoms with van der Waals surface area (Å²) in [6, 6.07) is 8.15. The van der Waals surface area contributed by atoms with Gasteiger partial charge < -0.3 is 15.7 Å². The van der Waals surface area contributed by atoms with E-state index in [0.717, 1.165) is 12.8 Å². The van der Waals surface area contributed by atoms with Gasteiger partial charge in [-0.25, -0.2) is 4.79 Å². The van der Waals surface area contributed by atoms with Gasteiger partial charge in [-0.3, -0.25) is 0 Å². The molecule has 1 aliphatic carbocycles. The van der Waals surface area contributed by atoms with Crippen molar-refractivity contribution in [2.45, 2.75) is 38.1 Å². The number of urea groups is 1. The van der Waals surface area contributed by atoms with Gasteiger partial charge in [-0.1, -0.05) is 38.1 Å². The van der Waals surface area contributed by atoms with Crippen molar-refractivity contribution < 1.29 is 9.90 Å². The van der Waals surface area contributed by atoms with Gasteiger partial charge in [0.25, 0.3) is 0 Å². The third-order valence-corrected chi connectivity index (χ3v) is 3.83. The van der Waals surface area contributed by atoms with Gasteiger partial charge in [0.05, 0.1) is 12.6 Å². The second-order valence-electron chi connectivity index (χ2n) is 5.69. The number of hydrogen-bond acceptors (Lipinski definition) is 2. The Morgan fingerprint density at radius 1 is 1.42 bits per heavy atom. The Bertz CT molecular complexity index is 457. The summed E-state index contributed by atoms with van der Waals surface area (Å²) in [7, 11) is 0. The first kappa shape index (κ1) is 13.9. The molecule has 0 aliphatic heterocycles. The van der Waals surface area contributed by atoms with E-state index in [9.17, 15) is 4.79 Å². The largest absolute Gasteiger partial charge is 0.395 e. The summed E-state index contributed by atoms with van der Waals surface area (Å²) in [4.78, 5) is 11.7. The minimum atomic E-state index is -0.214. The van der Waals surface area contributed by atoms with E-state index in [4.69, 9.17) is 5.11 Å². The first-order chi connectivity index (χ1) is 9.04. The molecular formula is C15H22N2O2.